The first-order chi connectivity index (χ1) is 5.22. The molecule has 1 rings (SSSR count). The molecule has 1 aliphatic carbocycles. The van der Waals surface area contributed by atoms with E-state index < -0.39 is 0 Å². The lowest BCUT2D eigenvalue weighted by Gasteiger charge is -2.12. The molecule has 1 nitrogen and oxygen atoms in total. The van der Waals surface area contributed by atoms with Crippen molar-refractivity contribution in [2.75, 3.05) is 0 Å². The number of rotatable bonds is 2. The maximum Gasteiger partial charge on any atom is 0.159 e. The van der Waals surface area contributed by atoms with Gasteiger partial charge in [-0.1, -0.05) is 12.7 Å². The minimum Gasteiger partial charge on any atom is -0.295 e. The quantitative estimate of drug-likeness (QED) is 0.553. The van der Waals surface area contributed by atoms with E-state index in [1.807, 2.05) is 0 Å². The number of hydrogen-bond donors (Lipinski definition) is 0. The molecule has 0 N–H and O–H groups in total. The van der Waals surface area contributed by atoms with E-state index in [1.54, 1.807) is 6.92 Å². The average molecular weight is 150 g/mol. The van der Waals surface area contributed by atoms with E-state index in [0.717, 1.165) is 12.8 Å². The Balaban J connectivity index is 2.66. The molecule has 0 saturated heterocycles. The Bertz CT molecular complexity index is 211. The van der Waals surface area contributed by atoms with Crippen molar-refractivity contribution in [1.29, 1.82) is 0 Å². The first kappa shape index (κ1) is 8.25. The highest BCUT2D eigenvalue weighted by atomic mass is 16.1. The smallest absolute Gasteiger partial charge is 0.159 e. The molecule has 0 aromatic heterocycles. The van der Waals surface area contributed by atoms with Crippen LogP contribution in [0.5, 0.6) is 0 Å². The number of carbonyl (C=O) groups excluding carboxylic acids is 1. The summed E-state index contributed by atoms with van der Waals surface area (Å²) in [5, 5.41) is 0. The van der Waals surface area contributed by atoms with Gasteiger partial charge in [0, 0.05) is 5.57 Å². The fourth-order valence-electron chi connectivity index (χ4n) is 1.34. The minimum atomic E-state index is 0.109. The van der Waals surface area contributed by atoms with Crippen LogP contribution in [0.1, 0.15) is 32.6 Å². The molecular weight excluding hydrogens is 136 g/mol. The topological polar surface area (TPSA) is 17.1 Å². The summed E-state index contributed by atoms with van der Waals surface area (Å²) in [4.78, 5) is 10.9. The molecule has 0 aliphatic heterocycles. The highest BCUT2D eigenvalue weighted by molar-refractivity contribution is 5.96. The van der Waals surface area contributed by atoms with Crippen molar-refractivity contribution in [1.82, 2.24) is 0 Å². The highest BCUT2D eigenvalue weighted by Gasteiger charge is 2.09. The molecule has 1 aliphatic rings. The molecule has 0 atom stereocenters. The monoisotopic (exact) mass is 150 g/mol. The molecule has 0 heterocycles. The summed E-state index contributed by atoms with van der Waals surface area (Å²) in [6.07, 6.45) is 6.76. The molecule has 0 spiro atoms. The lowest BCUT2D eigenvalue weighted by molar-refractivity contribution is -0.113. The molecule has 0 aromatic carbocycles. The molecule has 0 amide bonds. The van der Waals surface area contributed by atoms with Gasteiger partial charge in [-0.15, -0.1) is 0 Å². The van der Waals surface area contributed by atoms with Crippen LogP contribution in [0.3, 0.4) is 0 Å². The molecule has 1 heteroatoms. The van der Waals surface area contributed by atoms with Gasteiger partial charge in [-0.2, -0.15) is 0 Å². The largest absolute Gasteiger partial charge is 0.295 e. The molecule has 0 fully saturated rings. The van der Waals surface area contributed by atoms with Crippen molar-refractivity contribution in [2.24, 2.45) is 0 Å². The lowest BCUT2D eigenvalue weighted by Crippen LogP contribution is -2.01. The predicted molar refractivity (Wildman–Crippen MR) is 46.4 cm³/mol. The van der Waals surface area contributed by atoms with Crippen molar-refractivity contribution >= 4 is 5.78 Å². The van der Waals surface area contributed by atoms with Gasteiger partial charge < -0.3 is 0 Å². The van der Waals surface area contributed by atoms with E-state index in [0.29, 0.717) is 5.57 Å². The fourth-order valence-corrected chi connectivity index (χ4v) is 1.34. The first-order valence-corrected chi connectivity index (χ1v) is 4.11. The molecule has 0 saturated carbocycles. The second-order valence-electron chi connectivity index (χ2n) is 3.01. The summed E-state index contributed by atoms with van der Waals surface area (Å²) in [6, 6.07) is 0. The van der Waals surface area contributed by atoms with Gasteiger partial charge in [0.1, 0.15) is 0 Å². The maximum absolute atomic E-state index is 10.9. The summed E-state index contributed by atoms with van der Waals surface area (Å²) < 4.78 is 0. The SMILES string of the molecule is C=C(C(C)=O)C1=CCCCC1. The maximum atomic E-state index is 10.9. The van der Waals surface area contributed by atoms with Crippen LogP contribution in [0.25, 0.3) is 0 Å². The summed E-state index contributed by atoms with van der Waals surface area (Å²) >= 11 is 0. The van der Waals surface area contributed by atoms with E-state index in [-0.39, 0.29) is 5.78 Å². The summed E-state index contributed by atoms with van der Waals surface area (Å²) in [7, 11) is 0. The van der Waals surface area contributed by atoms with Crippen LogP contribution in [0.4, 0.5) is 0 Å². The van der Waals surface area contributed by atoms with Crippen molar-refractivity contribution in [2.45, 2.75) is 32.6 Å². The summed E-state index contributed by atoms with van der Waals surface area (Å²) in [5.74, 6) is 0.109. The molecule has 11 heavy (non-hydrogen) atoms. The van der Waals surface area contributed by atoms with Gasteiger partial charge in [-0.3, -0.25) is 4.79 Å². The van der Waals surface area contributed by atoms with Crippen molar-refractivity contribution in [3.8, 4) is 0 Å². The molecule has 60 valence electrons. The Kier molecular flexibility index (Phi) is 2.64. The van der Waals surface area contributed by atoms with Crippen LogP contribution in [0.15, 0.2) is 23.8 Å². The summed E-state index contributed by atoms with van der Waals surface area (Å²) in [6.45, 7) is 5.34. The minimum absolute atomic E-state index is 0.109. The third kappa shape index (κ3) is 2.04. The normalized spacial score (nSPS) is 17.4. The Morgan fingerprint density at radius 2 is 2.27 bits per heavy atom. The summed E-state index contributed by atoms with van der Waals surface area (Å²) in [5.41, 5.74) is 1.88. The van der Waals surface area contributed by atoms with E-state index in [9.17, 15) is 4.79 Å². The number of carbonyl (C=O) groups is 1. The second kappa shape index (κ2) is 3.51. The molecule has 0 unspecified atom stereocenters. The Morgan fingerprint density at radius 3 is 2.73 bits per heavy atom. The van der Waals surface area contributed by atoms with E-state index in [2.05, 4.69) is 12.7 Å². The van der Waals surface area contributed by atoms with E-state index in [4.69, 9.17) is 0 Å². The third-order valence-electron chi connectivity index (χ3n) is 2.10. The van der Waals surface area contributed by atoms with Gasteiger partial charge in [0.05, 0.1) is 0 Å². The van der Waals surface area contributed by atoms with E-state index >= 15 is 0 Å². The third-order valence-corrected chi connectivity index (χ3v) is 2.10. The first-order valence-electron chi connectivity index (χ1n) is 4.11. The second-order valence-corrected chi connectivity index (χ2v) is 3.01. The van der Waals surface area contributed by atoms with E-state index in [1.165, 1.54) is 18.4 Å². The lowest BCUT2D eigenvalue weighted by atomic mass is 9.93. The zero-order chi connectivity index (χ0) is 8.27. The number of ketones is 1. The van der Waals surface area contributed by atoms with Gasteiger partial charge >= 0.3 is 0 Å². The molecule has 0 aromatic rings. The zero-order valence-corrected chi connectivity index (χ0v) is 7.02. The molecular formula is C10H14O. The molecule has 0 radical (unpaired) electrons. The van der Waals surface area contributed by atoms with Crippen LogP contribution in [0, 0.1) is 0 Å². The molecule has 0 bridgehead atoms. The van der Waals surface area contributed by atoms with Crippen molar-refractivity contribution in [3.63, 3.8) is 0 Å². The Labute approximate surface area is 67.8 Å². The average Bonchev–Trinajstić information content (AvgIpc) is 2.05. The van der Waals surface area contributed by atoms with Crippen LogP contribution in [-0.4, -0.2) is 5.78 Å². The Morgan fingerprint density at radius 1 is 1.55 bits per heavy atom. The predicted octanol–water partition coefficient (Wildman–Crippen LogP) is 2.63. The van der Waals surface area contributed by atoms with Crippen LogP contribution in [0.2, 0.25) is 0 Å². The van der Waals surface area contributed by atoms with Gasteiger partial charge in [-0.05, 0) is 38.2 Å². The van der Waals surface area contributed by atoms with Crippen molar-refractivity contribution < 1.29 is 4.79 Å². The Hall–Kier alpha value is -0.850. The van der Waals surface area contributed by atoms with Crippen LogP contribution >= 0.6 is 0 Å². The fraction of sp³-hybridized carbons (Fsp3) is 0.500. The van der Waals surface area contributed by atoms with Gasteiger partial charge in [0.25, 0.3) is 0 Å². The van der Waals surface area contributed by atoms with Crippen molar-refractivity contribution in [3.05, 3.63) is 23.8 Å². The van der Waals surface area contributed by atoms with Gasteiger partial charge in [0.15, 0.2) is 5.78 Å². The number of hydrogen-bond acceptors (Lipinski definition) is 1. The highest BCUT2D eigenvalue weighted by Crippen LogP contribution is 2.22. The van der Waals surface area contributed by atoms with Gasteiger partial charge in [0.2, 0.25) is 0 Å². The van der Waals surface area contributed by atoms with Crippen LogP contribution in [-0.2, 0) is 4.79 Å². The number of allylic oxidation sites excluding steroid dienone is 3. The standard InChI is InChI=1S/C10H14O/c1-8(9(2)11)10-6-4-3-5-7-10/h6H,1,3-5,7H2,2H3. The van der Waals surface area contributed by atoms with Gasteiger partial charge in [-0.25, -0.2) is 0 Å². The zero-order valence-electron chi connectivity index (χ0n) is 7.02. The van der Waals surface area contributed by atoms with Crippen LogP contribution < -0.4 is 0 Å². The number of Topliss-reactive ketones (excluding diaryl/α,β-unsaturated/α-hetero) is 1.